The number of nitrogen functional groups attached to an aromatic ring is 1. The number of ether oxygens (including phenoxy) is 1. The number of carbonyl (C=O) groups is 1. The first-order valence-electron chi connectivity index (χ1n) is 10.5. The smallest absolute Gasteiger partial charge is 0.330 e. The molecule has 3 N–H and O–H groups in total. The number of methoxy groups -OCH3 is 1. The highest BCUT2D eigenvalue weighted by Crippen LogP contribution is 2.29. The fourth-order valence-corrected chi connectivity index (χ4v) is 4.90. The highest BCUT2D eigenvalue weighted by atomic mass is 32.2. The van der Waals surface area contributed by atoms with Gasteiger partial charge in [0, 0.05) is 31.1 Å². The summed E-state index contributed by atoms with van der Waals surface area (Å²) in [6.45, 7) is 2.68. The van der Waals surface area contributed by atoms with E-state index in [0.717, 1.165) is 22.0 Å². The summed E-state index contributed by atoms with van der Waals surface area (Å²) in [6.07, 6.45) is 1.56. The summed E-state index contributed by atoms with van der Waals surface area (Å²) in [6, 6.07) is 9.78. The highest BCUT2D eigenvalue weighted by Gasteiger charge is 2.24. The van der Waals surface area contributed by atoms with Gasteiger partial charge >= 0.3 is 5.69 Å². The van der Waals surface area contributed by atoms with Crippen LogP contribution in [0.3, 0.4) is 0 Å². The number of nitrogens with two attached hydrogens (primary N) is 1. The van der Waals surface area contributed by atoms with Crippen molar-refractivity contribution in [3.63, 3.8) is 0 Å². The number of carbonyl (C=O) groups excluding carboxylic acids is 1. The predicted octanol–water partition coefficient (Wildman–Crippen LogP) is 2.81. The van der Waals surface area contributed by atoms with Crippen LogP contribution in [0.1, 0.15) is 19.8 Å². The topological polar surface area (TPSA) is 123 Å². The SMILES string of the molecule is CCCCn1c(N)c(N(CCOC)C(=O)CSc2nc(-c3ccccc3)cs2)c(=O)[nH]c1=O. The number of anilines is 2. The molecule has 0 radical (unpaired) electrons. The van der Waals surface area contributed by atoms with Crippen molar-refractivity contribution in [3.05, 3.63) is 56.5 Å². The third-order valence-corrected chi connectivity index (χ3v) is 6.92. The fraction of sp³-hybridized carbons (Fsp3) is 0.364. The van der Waals surface area contributed by atoms with Crippen LogP contribution in [0.4, 0.5) is 11.5 Å². The molecule has 0 atom stereocenters. The maximum absolute atomic E-state index is 13.1. The molecule has 0 fully saturated rings. The number of hydrogen-bond donors (Lipinski definition) is 2. The molecule has 0 unspecified atom stereocenters. The number of rotatable bonds is 11. The Hall–Kier alpha value is -2.89. The van der Waals surface area contributed by atoms with E-state index < -0.39 is 11.2 Å². The minimum atomic E-state index is -0.694. The predicted molar refractivity (Wildman–Crippen MR) is 133 cm³/mol. The Labute approximate surface area is 199 Å². The third-order valence-electron chi connectivity index (χ3n) is 4.91. The zero-order valence-electron chi connectivity index (χ0n) is 18.6. The molecule has 9 nitrogen and oxygen atoms in total. The van der Waals surface area contributed by atoms with E-state index >= 15 is 0 Å². The number of thioether (sulfide) groups is 1. The van der Waals surface area contributed by atoms with Crippen LogP contribution >= 0.6 is 23.1 Å². The molecule has 0 spiro atoms. The molecule has 2 heterocycles. The van der Waals surface area contributed by atoms with Crippen LogP contribution in [0.5, 0.6) is 0 Å². The Balaban J connectivity index is 1.82. The van der Waals surface area contributed by atoms with Gasteiger partial charge in [0.05, 0.1) is 18.1 Å². The summed E-state index contributed by atoms with van der Waals surface area (Å²) >= 11 is 2.74. The van der Waals surface area contributed by atoms with Crippen LogP contribution in [0.2, 0.25) is 0 Å². The van der Waals surface area contributed by atoms with E-state index in [1.165, 1.54) is 39.7 Å². The van der Waals surface area contributed by atoms with E-state index in [9.17, 15) is 14.4 Å². The lowest BCUT2D eigenvalue weighted by Gasteiger charge is -2.24. The van der Waals surface area contributed by atoms with Crippen molar-refractivity contribution in [1.29, 1.82) is 0 Å². The van der Waals surface area contributed by atoms with Gasteiger partial charge in [-0.1, -0.05) is 55.4 Å². The van der Waals surface area contributed by atoms with Crippen molar-refractivity contribution in [2.24, 2.45) is 0 Å². The minimum absolute atomic E-state index is 0.0211. The third kappa shape index (κ3) is 6.12. The number of thiazole rings is 1. The molecule has 0 saturated heterocycles. The van der Waals surface area contributed by atoms with Gasteiger partial charge in [0.2, 0.25) is 5.91 Å². The number of nitrogens with zero attached hydrogens (tertiary/aromatic N) is 3. The number of hydrogen-bond acceptors (Lipinski definition) is 8. The van der Waals surface area contributed by atoms with Gasteiger partial charge in [0.15, 0.2) is 10.0 Å². The van der Waals surface area contributed by atoms with Crippen LogP contribution in [0.15, 0.2) is 49.6 Å². The fourth-order valence-electron chi connectivity index (χ4n) is 3.19. The molecule has 0 bridgehead atoms. The van der Waals surface area contributed by atoms with Crippen LogP contribution in [0.25, 0.3) is 11.3 Å². The van der Waals surface area contributed by atoms with Gasteiger partial charge in [-0.2, -0.15) is 0 Å². The maximum Gasteiger partial charge on any atom is 0.330 e. The van der Waals surface area contributed by atoms with Crippen molar-refractivity contribution in [2.75, 3.05) is 36.6 Å². The van der Waals surface area contributed by atoms with Crippen LogP contribution in [-0.2, 0) is 16.1 Å². The van der Waals surface area contributed by atoms with Crippen molar-refractivity contribution < 1.29 is 9.53 Å². The summed E-state index contributed by atoms with van der Waals surface area (Å²) in [4.78, 5) is 46.2. The molecule has 3 aromatic rings. The van der Waals surface area contributed by atoms with E-state index in [1.54, 1.807) is 0 Å². The van der Waals surface area contributed by atoms with E-state index in [4.69, 9.17) is 10.5 Å². The molecule has 176 valence electrons. The van der Waals surface area contributed by atoms with E-state index in [-0.39, 0.29) is 36.3 Å². The number of amides is 1. The Morgan fingerprint density at radius 3 is 2.76 bits per heavy atom. The molecule has 11 heteroatoms. The van der Waals surface area contributed by atoms with Gasteiger partial charge in [0.25, 0.3) is 5.56 Å². The quantitative estimate of drug-likeness (QED) is 0.397. The lowest BCUT2D eigenvalue weighted by Crippen LogP contribution is -2.43. The van der Waals surface area contributed by atoms with Crippen LogP contribution in [0, 0.1) is 0 Å². The van der Waals surface area contributed by atoms with Crippen LogP contribution < -0.4 is 21.9 Å². The lowest BCUT2D eigenvalue weighted by atomic mass is 10.2. The van der Waals surface area contributed by atoms with Gasteiger partial charge in [-0.3, -0.25) is 19.1 Å². The van der Waals surface area contributed by atoms with Gasteiger partial charge in [-0.15, -0.1) is 11.3 Å². The molecule has 0 aliphatic rings. The van der Waals surface area contributed by atoms with Gasteiger partial charge in [-0.25, -0.2) is 9.78 Å². The highest BCUT2D eigenvalue weighted by molar-refractivity contribution is 8.01. The zero-order chi connectivity index (χ0) is 23.8. The molecular formula is C22H27N5O4S2. The Bertz CT molecular complexity index is 1190. The molecular weight excluding hydrogens is 462 g/mol. The van der Waals surface area contributed by atoms with Crippen LogP contribution in [-0.4, -0.2) is 46.5 Å². The summed E-state index contributed by atoms with van der Waals surface area (Å²) in [5.74, 6) is -0.294. The van der Waals surface area contributed by atoms with Crippen molar-refractivity contribution in [3.8, 4) is 11.3 Å². The Kier molecular flexibility index (Phi) is 8.87. The maximum atomic E-state index is 13.1. The Morgan fingerprint density at radius 1 is 1.30 bits per heavy atom. The summed E-state index contributed by atoms with van der Waals surface area (Å²) in [7, 11) is 1.51. The largest absolute Gasteiger partial charge is 0.383 e. The van der Waals surface area contributed by atoms with E-state index in [0.29, 0.717) is 13.0 Å². The molecule has 0 aliphatic carbocycles. The monoisotopic (exact) mass is 489 g/mol. The lowest BCUT2D eigenvalue weighted by molar-refractivity contribution is -0.116. The molecule has 2 aromatic heterocycles. The van der Waals surface area contributed by atoms with Gasteiger partial charge in [0.1, 0.15) is 5.82 Å². The number of nitrogens with one attached hydrogen (secondary N) is 1. The molecule has 3 rings (SSSR count). The average Bonchev–Trinajstić information content (AvgIpc) is 3.29. The average molecular weight is 490 g/mol. The second kappa shape index (κ2) is 11.8. The first-order valence-corrected chi connectivity index (χ1v) is 12.4. The summed E-state index contributed by atoms with van der Waals surface area (Å²) in [5, 5.41) is 1.94. The molecule has 1 amide bonds. The summed E-state index contributed by atoms with van der Waals surface area (Å²) < 4.78 is 7.16. The molecule has 33 heavy (non-hydrogen) atoms. The van der Waals surface area contributed by atoms with Crippen molar-refractivity contribution in [1.82, 2.24) is 14.5 Å². The number of aromatic amines is 1. The number of aromatic nitrogens is 3. The van der Waals surface area contributed by atoms with Crippen molar-refractivity contribution >= 4 is 40.5 Å². The van der Waals surface area contributed by atoms with E-state index in [2.05, 4.69) is 9.97 Å². The standard InChI is InChI=1S/C22H27N5O4S2/c1-3-4-10-27-19(23)18(20(29)25-21(27)30)26(11-12-31-2)17(28)14-33-22-24-16(13-32-22)15-8-6-5-7-9-15/h5-9,13H,3-4,10-12,14,23H2,1-2H3,(H,25,29,30). The number of unbranched alkanes of at least 4 members (excludes halogenated alkanes) is 1. The Morgan fingerprint density at radius 2 is 2.06 bits per heavy atom. The summed E-state index contributed by atoms with van der Waals surface area (Å²) in [5.41, 5.74) is 6.74. The van der Waals surface area contributed by atoms with Gasteiger partial charge < -0.3 is 15.4 Å². The first-order chi connectivity index (χ1) is 16.0. The first kappa shape index (κ1) is 24.7. The molecule has 0 saturated carbocycles. The number of benzene rings is 1. The normalized spacial score (nSPS) is 11.0. The molecule has 1 aromatic carbocycles. The van der Waals surface area contributed by atoms with Crippen molar-refractivity contribution in [2.45, 2.75) is 30.6 Å². The number of H-pyrrole nitrogens is 1. The minimum Gasteiger partial charge on any atom is -0.383 e. The second-order valence-corrected chi connectivity index (χ2v) is 9.27. The zero-order valence-corrected chi connectivity index (χ0v) is 20.2. The van der Waals surface area contributed by atoms with Gasteiger partial charge in [-0.05, 0) is 6.42 Å². The molecule has 0 aliphatic heterocycles. The van der Waals surface area contributed by atoms with E-state index in [1.807, 2.05) is 42.6 Å². The second-order valence-electron chi connectivity index (χ2n) is 7.19.